The van der Waals surface area contributed by atoms with Crippen molar-refractivity contribution in [2.45, 2.75) is 26.3 Å². The summed E-state index contributed by atoms with van der Waals surface area (Å²) in [5, 5.41) is 11.3. The lowest BCUT2D eigenvalue weighted by Gasteiger charge is -2.15. The van der Waals surface area contributed by atoms with Gasteiger partial charge in [0.15, 0.2) is 11.5 Å². The van der Waals surface area contributed by atoms with E-state index in [1.807, 2.05) is 13.8 Å². The monoisotopic (exact) mass is 268 g/mol. The van der Waals surface area contributed by atoms with Gasteiger partial charge in [-0.1, -0.05) is 13.8 Å². The first-order valence-corrected chi connectivity index (χ1v) is 5.74. The van der Waals surface area contributed by atoms with Crippen LogP contribution in [0.5, 0.6) is 0 Å². The van der Waals surface area contributed by atoms with Crippen LogP contribution in [-0.2, 0) is 4.79 Å². The van der Waals surface area contributed by atoms with E-state index >= 15 is 0 Å². The van der Waals surface area contributed by atoms with E-state index in [4.69, 9.17) is 15.3 Å². The van der Waals surface area contributed by atoms with Crippen molar-refractivity contribution in [3.05, 3.63) is 23.7 Å². The Morgan fingerprint density at radius 2 is 1.89 bits per heavy atom. The summed E-state index contributed by atoms with van der Waals surface area (Å²) in [6.45, 7) is 3.69. The number of carboxylic acids is 1. The first-order chi connectivity index (χ1) is 8.81. The molecule has 7 heteroatoms. The van der Waals surface area contributed by atoms with Crippen LogP contribution in [-0.4, -0.2) is 28.9 Å². The Morgan fingerprint density at radius 1 is 1.32 bits per heavy atom. The van der Waals surface area contributed by atoms with E-state index in [-0.39, 0.29) is 17.4 Å². The molecule has 0 radical (unpaired) electrons. The fraction of sp³-hybridized carbons (Fsp3) is 0.417. The number of nitrogens with two attached hydrogens (primary N) is 1. The molecule has 1 heterocycles. The molecule has 0 bridgehead atoms. The second kappa shape index (κ2) is 6.03. The zero-order chi connectivity index (χ0) is 14.6. The van der Waals surface area contributed by atoms with Gasteiger partial charge in [0.2, 0.25) is 0 Å². The van der Waals surface area contributed by atoms with Gasteiger partial charge in [-0.25, -0.2) is 4.79 Å². The molecule has 0 aliphatic carbocycles. The average Bonchev–Trinajstić information content (AvgIpc) is 2.76. The second-order valence-corrected chi connectivity index (χ2v) is 4.52. The Balaban J connectivity index is 2.75. The van der Waals surface area contributed by atoms with E-state index in [9.17, 15) is 14.4 Å². The van der Waals surface area contributed by atoms with Crippen LogP contribution in [0.2, 0.25) is 0 Å². The molecule has 2 amide bonds. The summed E-state index contributed by atoms with van der Waals surface area (Å²) in [5.41, 5.74) is 4.98. The van der Waals surface area contributed by atoms with Crippen LogP contribution < -0.4 is 11.1 Å². The highest BCUT2D eigenvalue weighted by atomic mass is 16.4. The standard InChI is InChI=1S/C12H16N2O5/c1-6(2)5-7(12(17)18)14-11(16)9-4-3-8(19-9)10(13)15/h3-4,6-7H,5H2,1-2H3,(H2,13,15)(H,14,16)(H,17,18). The molecule has 0 aliphatic heterocycles. The van der Waals surface area contributed by atoms with E-state index in [1.54, 1.807) is 0 Å². The Labute approximate surface area is 109 Å². The van der Waals surface area contributed by atoms with Crippen molar-refractivity contribution in [2.75, 3.05) is 0 Å². The number of furan rings is 1. The zero-order valence-electron chi connectivity index (χ0n) is 10.7. The van der Waals surface area contributed by atoms with Crippen LogP contribution in [0, 0.1) is 5.92 Å². The topological polar surface area (TPSA) is 123 Å². The van der Waals surface area contributed by atoms with Gasteiger partial charge >= 0.3 is 5.97 Å². The van der Waals surface area contributed by atoms with Crippen molar-refractivity contribution in [1.29, 1.82) is 0 Å². The van der Waals surface area contributed by atoms with E-state index in [0.29, 0.717) is 6.42 Å². The van der Waals surface area contributed by atoms with Crippen molar-refractivity contribution in [3.63, 3.8) is 0 Å². The maximum Gasteiger partial charge on any atom is 0.326 e. The molecule has 1 unspecified atom stereocenters. The zero-order valence-corrected chi connectivity index (χ0v) is 10.7. The summed E-state index contributed by atoms with van der Waals surface area (Å²) in [6.07, 6.45) is 0.296. The fourth-order valence-corrected chi connectivity index (χ4v) is 1.51. The minimum absolute atomic E-state index is 0.110. The molecule has 1 atom stereocenters. The molecule has 0 aromatic carbocycles. The quantitative estimate of drug-likeness (QED) is 0.697. The Kier molecular flexibility index (Phi) is 4.68. The molecule has 1 rings (SSSR count). The van der Waals surface area contributed by atoms with Crippen LogP contribution in [0.25, 0.3) is 0 Å². The Hall–Kier alpha value is -2.31. The molecule has 7 nitrogen and oxygen atoms in total. The molecule has 0 saturated heterocycles. The summed E-state index contributed by atoms with van der Waals surface area (Å²) in [5.74, 6) is -2.80. The lowest BCUT2D eigenvalue weighted by Crippen LogP contribution is -2.41. The number of hydrogen-bond acceptors (Lipinski definition) is 4. The van der Waals surface area contributed by atoms with Crippen molar-refractivity contribution in [3.8, 4) is 0 Å². The molecule has 1 aromatic rings. The molecule has 1 aromatic heterocycles. The van der Waals surface area contributed by atoms with Crippen LogP contribution in [0.4, 0.5) is 0 Å². The normalized spacial score (nSPS) is 12.2. The first-order valence-electron chi connectivity index (χ1n) is 5.74. The number of nitrogens with one attached hydrogen (secondary N) is 1. The first kappa shape index (κ1) is 14.7. The van der Waals surface area contributed by atoms with Crippen molar-refractivity contribution in [2.24, 2.45) is 11.7 Å². The summed E-state index contributed by atoms with van der Waals surface area (Å²) >= 11 is 0. The number of carbonyl (C=O) groups is 3. The van der Waals surface area contributed by atoms with Crippen LogP contribution in [0.3, 0.4) is 0 Å². The number of carbonyl (C=O) groups excluding carboxylic acids is 2. The van der Waals surface area contributed by atoms with Crippen molar-refractivity contribution < 1.29 is 23.9 Å². The number of primary amides is 1. The van der Waals surface area contributed by atoms with Gasteiger partial charge in [0.1, 0.15) is 6.04 Å². The SMILES string of the molecule is CC(C)CC(NC(=O)c1ccc(C(N)=O)o1)C(=O)O. The number of aliphatic carboxylic acids is 1. The van der Waals surface area contributed by atoms with Crippen LogP contribution in [0.1, 0.15) is 41.4 Å². The largest absolute Gasteiger partial charge is 0.480 e. The van der Waals surface area contributed by atoms with Gasteiger partial charge in [0.25, 0.3) is 11.8 Å². The lowest BCUT2D eigenvalue weighted by molar-refractivity contribution is -0.139. The minimum atomic E-state index is -1.12. The summed E-state index contributed by atoms with van der Waals surface area (Å²) in [6, 6.07) is 1.52. The summed E-state index contributed by atoms with van der Waals surface area (Å²) < 4.78 is 4.91. The van der Waals surface area contributed by atoms with Gasteiger partial charge in [-0.2, -0.15) is 0 Å². The van der Waals surface area contributed by atoms with Crippen LogP contribution >= 0.6 is 0 Å². The molecule has 0 fully saturated rings. The van der Waals surface area contributed by atoms with E-state index in [1.165, 1.54) is 12.1 Å². The molecule has 0 saturated carbocycles. The van der Waals surface area contributed by atoms with E-state index in [2.05, 4.69) is 5.32 Å². The third-order valence-corrected chi connectivity index (χ3v) is 2.38. The smallest absolute Gasteiger partial charge is 0.326 e. The highest BCUT2D eigenvalue weighted by molar-refractivity contribution is 5.96. The molecule has 104 valence electrons. The number of rotatable bonds is 6. The van der Waals surface area contributed by atoms with Gasteiger partial charge in [-0.3, -0.25) is 9.59 Å². The molecular weight excluding hydrogens is 252 g/mol. The molecule has 19 heavy (non-hydrogen) atoms. The third-order valence-electron chi connectivity index (χ3n) is 2.38. The van der Waals surface area contributed by atoms with Gasteiger partial charge in [-0.05, 0) is 24.5 Å². The highest BCUT2D eigenvalue weighted by Crippen LogP contribution is 2.09. The number of hydrogen-bond donors (Lipinski definition) is 3. The average molecular weight is 268 g/mol. The number of amides is 2. The lowest BCUT2D eigenvalue weighted by atomic mass is 10.0. The minimum Gasteiger partial charge on any atom is -0.480 e. The predicted molar refractivity (Wildman–Crippen MR) is 65.6 cm³/mol. The molecule has 0 aliphatic rings. The fourth-order valence-electron chi connectivity index (χ4n) is 1.51. The van der Waals surface area contributed by atoms with Gasteiger partial charge in [0, 0.05) is 0 Å². The Bertz CT molecular complexity index is 492. The summed E-state index contributed by atoms with van der Waals surface area (Å²) in [4.78, 5) is 33.6. The van der Waals surface area contributed by atoms with Crippen molar-refractivity contribution >= 4 is 17.8 Å². The number of carboxylic acid groups (broad SMARTS) is 1. The molecular formula is C12H16N2O5. The second-order valence-electron chi connectivity index (χ2n) is 4.52. The van der Waals surface area contributed by atoms with Gasteiger partial charge < -0.3 is 20.6 Å². The Morgan fingerprint density at radius 3 is 2.32 bits per heavy atom. The van der Waals surface area contributed by atoms with Gasteiger partial charge in [0.05, 0.1) is 0 Å². The van der Waals surface area contributed by atoms with E-state index < -0.39 is 23.8 Å². The maximum absolute atomic E-state index is 11.8. The molecule has 4 N–H and O–H groups in total. The molecule has 0 spiro atoms. The maximum atomic E-state index is 11.8. The predicted octanol–water partition coefficient (Wildman–Crippen LogP) is 0.608. The van der Waals surface area contributed by atoms with Crippen molar-refractivity contribution in [1.82, 2.24) is 5.32 Å². The van der Waals surface area contributed by atoms with Gasteiger partial charge in [-0.15, -0.1) is 0 Å². The summed E-state index contributed by atoms with van der Waals surface area (Å²) in [7, 11) is 0. The van der Waals surface area contributed by atoms with Crippen LogP contribution in [0.15, 0.2) is 16.5 Å². The third kappa shape index (κ3) is 4.13. The van der Waals surface area contributed by atoms with E-state index in [0.717, 1.165) is 0 Å². The highest BCUT2D eigenvalue weighted by Gasteiger charge is 2.23.